The first-order chi connectivity index (χ1) is 12.7. The topological polar surface area (TPSA) is 70.2 Å². The van der Waals surface area contributed by atoms with Crippen LogP contribution in [0.1, 0.15) is 23.3 Å². The van der Waals surface area contributed by atoms with Gasteiger partial charge in [-0.2, -0.15) is 5.10 Å². The number of piperidine rings is 1. The van der Waals surface area contributed by atoms with Gasteiger partial charge >= 0.3 is 0 Å². The third-order valence-electron chi connectivity index (χ3n) is 4.77. The molecule has 0 atom stereocenters. The predicted molar refractivity (Wildman–Crippen MR) is 102 cm³/mol. The van der Waals surface area contributed by atoms with E-state index in [2.05, 4.69) is 27.5 Å². The minimum atomic E-state index is -0.230. The highest BCUT2D eigenvalue weighted by Gasteiger charge is 2.18. The van der Waals surface area contributed by atoms with Crippen molar-refractivity contribution in [2.45, 2.75) is 18.9 Å². The number of likely N-dealkylation sites (tertiary alicyclic amines) is 1. The smallest absolute Gasteiger partial charge is 0.276 e. The molecule has 2 aromatic carbocycles. The quantitative estimate of drug-likeness (QED) is 0.757. The van der Waals surface area contributed by atoms with Crippen LogP contribution in [0.15, 0.2) is 48.5 Å². The number of hydrogen-bond donors (Lipinski definition) is 2. The second-order valence-corrected chi connectivity index (χ2v) is 6.72. The number of para-hydroxylation sites is 1. The minimum Gasteiger partial charge on any atom is -0.490 e. The van der Waals surface area contributed by atoms with E-state index in [0.29, 0.717) is 5.69 Å². The molecule has 134 valence electrons. The van der Waals surface area contributed by atoms with E-state index >= 15 is 0 Å². The molecule has 4 rings (SSSR count). The SMILES string of the molecule is CN1CCC(Oc2ccc(NC(=O)c3n[nH]c4ccccc34)cc2)CC1. The number of nitrogens with one attached hydrogen (secondary N) is 2. The van der Waals surface area contributed by atoms with Gasteiger partial charge < -0.3 is 15.0 Å². The molecule has 3 aromatic rings. The number of H-pyrrole nitrogens is 1. The van der Waals surface area contributed by atoms with E-state index in [9.17, 15) is 4.79 Å². The van der Waals surface area contributed by atoms with Gasteiger partial charge in [-0.15, -0.1) is 0 Å². The molecule has 0 unspecified atom stereocenters. The molecule has 6 nitrogen and oxygen atoms in total. The molecule has 1 fully saturated rings. The highest BCUT2D eigenvalue weighted by Crippen LogP contribution is 2.22. The zero-order valence-electron chi connectivity index (χ0n) is 14.7. The molecule has 0 spiro atoms. The molecule has 0 saturated carbocycles. The van der Waals surface area contributed by atoms with Crippen LogP contribution in [-0.4, -0.2) is 47.2 Å². The molecule has 2 N–H and O–H groups in total. The number of aromatic nitrogens is 2. The summed E-state index contributed by atoms with van der Waals surface area (Å²) in [5, 5.41) is 10.7. The van der Waals surface area contributed by atoms with Gasteiger partial charge in [-0.1, -0.05) is 18.2 Å². The monoisotopic (exact) mass is 350 g/mol. The summed E-state index contributed by atoms with van der Waals surface area (Å²) in [6, 6.07) is 15.1. The van der Waals surface area contributed by atoms with E-state index in [1.54, 1.807) is 0 Å². The Labute approximate surface area is 152 Å². The Hall–Kier alpha value is -2.86. The Morgan fingerprint density at radius 1 is 1.15 bits per heavy atom. The average molecular weight is 350 g/mol. The fourth-order valence-corrected chi connectivity index (χ4v) is 3.24. The third-order valence-corrected chi connectivity index (χ3v) is 4.77. The summed E-state index contributed by atoms with van der Waals surface area (Å²) in [6.07, 6.45) is 2.35. The molecule has 1 saturated heterocycles. The lowest BCUT2D eigenvalue weighted by atomic mass is 10.1. The van der Waals surface area contributed by atoms with E-state index in [1.165, 1.54) is 0 Å². The lowest BCUT2D eigenvalue weighted by Crippen LogP contribution is -2.35. The van der Waals surface area contributed by atoms with Crippen molar-refractivity contribution in [3.8, 4) is 5.75 Å². The Morgan fingerprint density at radius 3 is 2.65 bits per heavy atom. The van der Waals surface area contributed by atoms with Crippen LogP contribution in [0.4, 0.5) is 5.69 Å². The summed E-state index contributed by atoms with van der Waals surface area (Å²) < 4.78 is 6.04. The van der Waals surface area contributed by atoms with Crippen molar-refractivity contribution in [3.05, 3.63) is 54.2 Å². The first-order valence-corrected chi connectivity index (χ1v) is 8.89. The second-order valence-electron chi connectivity index (χ2n) is 6.72. The second kappa shape index (κ2) is 7.17. The number of nitrogens with zero attached hydrogens (tertiary/aromatic N) is 2. The number of carbonyl (C=O) groups is 1. The first-order valence-electron chi connectivity index (χ1n) is 8.89. The lowest BCUT2D eigenvalue weighted by Gasteiger charge is -2.29. The van der Waals surface area contributed by atoms with Crippen LogP contribution in [0.5, 0.6) is 5.75 Å². The van der Waals surface area contributed by atoms with E-state index in [1.807, 2.05) is 48.5 Å². The summed E-state index contributed by atoms with van der Waals surface area (Å²) in [5.74, 6) is 0.606. The molecule has 1 aromatic heterocycles. The Balaban J connectivity index is 1.40. The van der Waals surface area contributed by atoms with Crippen LogP contribution in [0.2, 0.25) is 0 Å². The van der Waals surface area contributed by atoms with Gasteiger partial charge in [0.2, 0.25) is 0 Å². The molecule has 0 radical (unpaired) electrons. The van der Waals surface area contributed by atoms with Crippen molar-refractivity contribution in [1.82, 2.24) is 15.1 Å². The fourth-order valence-electron chi connectivity index (χ4n) is 3.24. The van der Waals surface area contributed by atoms with Crippen LogP contribution in [0.25, 0.3) is 10.9 Å². The molecule has 1 aliphatic rings. The average Bonchev–Trinajstić information content (AvgIpc) is 3.09. The number of rotatable bonds is 4. The normalized spacial score (nSPS) is 15.9. The van der Waals surface area contributed by atoms with Crippen molar-refractivity contribution >= 4 is 22.5 Å². The molecule has 1 amide bonds. The van der Waals surface area contributed by atoms with Crippen LogP contribution in [-0.2, 0) is 0 Å². The standard InChI is InChI=1S/C20H22N4O2/c1-24-12-10-16(11-13-24)26-15-8-6-14(7-9-15)21-20(25)19-17-4-2-3-5-18(17)22-23-19/h2-9,16H,10-13H2,1H3,(H,21,25)(H,22,23). The van der Waals surface area contributed by atoms with Crippen molar-refractivity contribution in [3.63, 3.8) is 0 Å². The molecule has 1 aliphatic heterocycles. The number of aromatic amines is 1. The number of hydrogen-bond acceptors (Lipinski definition) is 4. The van der Waals surface area contributed by atoms with E-state index in [4.69, 9.17) is 4.74 Å². The molecule has 26 heavy (non-hydrogen) atoms. The molecule has 0 aliphatic carbocycles. The minimum absolute atomic E-state index is 0.230. The van der Waals surface area contributed by atoms with Gasteiger partial charge in [0.1, 0.15) is 11.9 Å². The van der Waals surface area contributed by atoms with Crippen LogP contribution >= 0.6 is 0 Å². The summed E-state index contributed by atoms with van der Waals surface area (Å²) >= 11 is 0. The molecular formula is C20H22N4O2. The largest absolute Gasteiger partial charge is 0.490 e. The number of amides is 1. The van der Waals surface area contributed by atoms with Gasteiger partial charge in [0, 0.05) is 24.2 Å². The molecule has 2 heterocycles. The summed E-state index contributed by atoms with van der Waals surface area (Å²) in [5.41, 5.74) is 1.96. The van der Waals surface area contributed by atoms with E-state index in [0.717, 1.165) is 48.3 Å². The van der Waals surface area contributed by atoms with Crippen molar-refractivity contribution in [2.24, 2.45) is 0 Å². The Bertz CT molecular complexity index is 896. The number of ether oxygens (including phenoxy) is 1. The van der Waals surface area contributed by atoms with E-state index < -0.39 is 0 Å². The van der Waals surface area contributed by atoms with Gasteiger partial charge in [0.05, 0.1) is 5.52 Å². The molecule has 0 bridgehead atoms. The highest BCUT2D eigenvalue weighted by molar-refractivity contribution is 6.11. The van der Waals surface area contributed by atoms with Crippen molar-refractivity contribution in [2.75, 3.05) is 25.5 Å². The van der Waals surface area contributed by atoms with Crippen molar-refractivity contribution < 1.29 is 9.53 Å². The Kier molecular flexibility index (Phi) is 4.58. The zero-order chi connectivity index (χ0) is 17.9. The summed E-state index contributed by atoms with van der Waals surface area (Å²) in [6.45, 7) is 2.13. The third kappa shape index (κ3) is 3.55. The van der Waals surface area contributed by atoms with Gasteiger partial charge in [-0.25, -0.2) is 0 Å². The first kappa shape index (κ1) is 16.6. The van der Waals surface area contributed by atoms with Gasteiger partial charge in [-0.05, 0) is 50.2 Å². The summed E-state index contributed by atoms with van der Waals surface area (Å²) in [7, 11) is 2.14. The maximum atomic E-state index is 12.5. The summed E-state index contributed by atoms with van der Waals surface area (Å²) in [4.78, 5) is 14.8. The number of benzene rings is 2. The van der Waals surface area contributed by atoms with Gasteiger partial charge in [0.15, 0.2) is 5.69 Å². The van der Waals surface area contributed by atoms with Crippen molar-refractivity contribution in [1.29, 1.82) is 0 Å². The van der Waals surface area contributed by atoms with Gasteiger partial charge in [-0.3, -0.25) is 9.89 Å². The van der Waals surface area contributed by atoms with Crippen LogP contribution in [0, 0.1) is 0 Å². The number of carbonyl (C=O) groups excluding carboxylic acids is 1. The van der Waals surface area contributed by atoms with E-state index in [-0.39, 0.29) is 12.0 Å². The Morgan fingerprint density at radius 2 is 1.88 bits per heavy atom. The van der Waals surface area contributed by atoms with Crippen LogP contribution in [0.3, 0.4) is 0 Å². The molecular weight excluding hydrogens is 328 g/mol. The highest BCUT2D eigenvalue weighted by atomic mass is 16.5. The maximum absolute atomic E-state index is 12.5. The fraction of sp³-hybridized carbons (Fsp3) is 0.300. The number of anilines is 1. The predicted octanol–water partition coefficient (Wildman–Crippen LogP) is 3.29. The maximum Gasteiger partial charge on any atom is 0.276 e. The number of fused-ring (bicyclic) bond motifs is 1. The lowest BCUT2D eigenvalue weighted by molar-refractivity contribution is 0.102. The van der Waals surface area contributed by atoms with Crippen LogP contribution < -0.4 is 10.1 Å². The zero-order valence-corrected chi connectivity index (χ0v) is 14.7. The van der Waals surface area contributed by atoms with Gasteiger partial charge in [0.25, 0.3) is 5.91 Å². The molecule has 6 heteroatoms.